The first-order valence-electron chi connectivity index (χ1n) is 11.7. The van der Waals surface area contributed by atoms with Crippen molar-refractivity contribution in [3.63, 3.8) is 0 Å². The molecule has 0 spiro atoms. The lowest BCUT2D eigenvalue weighted by Crippen LogP contribution is -2.26. The molecule has 0 aromatic heterocycles. The Morgan fingerprint density at radius 2 is 1.55 bits per heavy atom. The molecule has 0 atom stereocenters. The summed E-state index contributed by atoms with van der Waals surface area (Å²) in [5.41, 5.74) is 2.19. The largest absolute Gasteiger partial charge is 0.356 e. The molecule has 3 rings (SSSR count). The zero-order chi connectivity index (χ0) is 20.7. The quantitative estimate of drug-likeness (QED) is 0.396. The Kier molecular flexibility index (Phi) is 8.29. The molecule has 0 aliphatic heterocycles. The van der Waals surface area contributed by atoms with Gasteiger partial charge in [0.25, 0.3) is 0 Å². The third-order valence-corrected chi connectivity index (χ3v) is 7.21. The van der Waals surface area contributed by atoms with Crippen molar-refractivity contribution in [2.24, 2.45) is 17.8 Å². The number of rotatable bonds is 8. The molecule has 0 bridgehead atoms. The van der Waals surface area contributed by atoms with E-state index < -0.39 is 6.11 Å². The predicted octanol–water partition coefficient (Wildman–Crippen LogP) is 8.25. The number of allylic oxidation sites excluding steroid dienone is 2. The fourth-order valence-corrected chi connectivity index (χ4v) is 5.23. The number of hydrogen-bond donors (Lipinski definition) is 0. The Balaban J connectivity index is 1.43. The molecule has 29 heavy (non-hydrogen) atoms. The molecule has 1 nitrogen and oxygen atoms in total. The lowest BCUT2D eigenvalue weighted by molar-refractivity contribution is -0.256. The summed E-state index contributed by atoms with van der Waals surface area (Å²) in [4.78, 5) is 0. The van der Waals surface area contributed by atoms with Crippen LogP contribution in [0.3, 0.4) is 0 Å². The molecule has 0 N–H and O–H groups in total. The second-order valence-electron chi connectivity index (χ2n) is 9.30. The Morgan fingerprint density at radius 3 is 2.14 bits per heavy atom. The summed E-state index contributed by atoms with van der Waals surface area (Å²) >= 11 is 0. The third-order valence-electron chi connectivity index (χ3n) is 7.21. The summed E-state index contributed by atoms with van der Waals surface area (Å²) in [5, 5.41) is 0. The number of ether oxygens (including phenoxy) is 1. The second-order valence-corrected chi connectivity index (χ2v) is 9.30. The van der Waals surface area contributed by atoms with Crippen molar-refractivity contribution < 1.29 is 13.5 Å². The molecule has 2 saturated carbocycles. The molecule has 0 saturated heterocycles. The number of hydrogen-bond acceptors (Lipinski definition) is 1. The summed E-state index contributed by atoms with van der Waals surface area (Å²) in [7, 11) is 0. The Morgan fingerprint density at radius 1 is 0.931 bits per heavy atom. The van der Waals surface area contributed by atoms with E-state index in [1.54, 1.807) is 0 Å². The Hall–Kier alpha value is -1.22. The predicted molar refractivity (Wildman–Crippen MR) is 116 cm³/mol. The van der Waals surface area contributed by atoms with Crippen molar-refractivity contribution in [3.05, 3.63) is 47.5 Å². The van der Waals surface area contributed by atoms with Crippen LogP contribution in [0.1, 0.15) is 95.1 Å². The van der Waals surface area contributed by atoms with Crippen LogP contribution in [0.2, 0.25) is 0 Å². The van der Waals surface area contributed by atoms with Crippen LogP contribution in [0.25, 0.3) is 0 Å². The minimum Gasteiger partial charge on any atom is -0.316 e. The zero-order valence-electron chi connectivity index (χ0n) is 18.2. The van der Waals surface area contributed by atoms with E-state index in [1.165, 1.54) is 37.7 Å². The summed E-state index contributed by atoms with van der Waals surface area (Å²) in [6.45, 7) is 4.30. The standard InChI is InChI=1S/C26H38F2O/c1-3-5-21-6-8-22(9-7-21)18-26(27,28)29-19-23-12-16-25(17-13-23)24-14-10-20(4-2)11-15-24/h3,5,12-13,16-17,20-22,24H,4,6-11,14-15,18-19H2,1-2H3/b5-3+/t20-,21-,22-,24-. The van der Waals surface area contributed by atoms with Crippen LogP contribution >= 0.6 is 0 Å². The van der Waals surface area contributed by atoms with Gasteiger partial charge in [0, 0.05) is 6.42 Å². The SMILES string of the molecule is C/C=C/[C@H]1CC[C@H](CC(F)(F)OCc2ccc([C@H]3CC[C@H](CC)CC3)cc2)CC1. The van der Waals surface area contributed by atoms with Gasteiger partial charge in [-0.2, -0.15) is 8.78 Å². The van der Waals surface area contributed by atoms with Crippen LogP contribution in [0, 0.1) is 17.8 Å². The van der Waals surface area contributed by atoms with Crippen LogP contribution in [-0.2, 0) is 11.3 Å². The summed E-state index contributed by atoms with van der Waals surface area (Å²) in [6, 6.07) is 8.19. The molecule has 0 heterocycles. The summed E-state index contributed by atoms with van der Waals surface area (Å²) in [5.74, 6) is 2.17. The van der Waals surface area contributed by atoms with E-state index in [2.05, 4.69) is 31.2 Å². The van der Waals surface area contributed by atoms with Crippen molar-refractivity contribution >= 4 is 0 Å². The van der Waals surface area contributed by atoms with Crippen LogP contribution in [0.5, 0.6) is 0 Å². The molecular formula is C26H38F2O. The van der Waals surface area contributed by atoms with Crippen molar-refractivity contribution in [1.29, 1.82) is 0 Å². The van der Waals surface area contributed by atoms with E-state index in [-0.39, 0.29) is 18.9 Å². The van der Waals surface area contributed by atoms with Crippen molar-refractivity contribution in [2.45, 2.75) is 96.7 Å². The van der Waals surface area contributed by atoms with Crippen LogP contribution < -0.4 is 0 Å². The zero-order valence-corrected chi connectivity index (χ0v) is 18.2. The van der Waals surface area contributed by atoms with E-state index >= 15 is 0 Å². The van der Waals surface area contributed by atoms with Gasteiger partial charge in [0.1, 0.15) is 0 Å². The smallest absolute Gasteiger partial charge is 0.316 e. The highest BCUT2D eigenvalue weighted by molar-refractivity contribution is 5.25. The van der Waals surface area contributed by atoms with Gasteiger partial charge in [-0.1, -0.05) is 49.8 Å². The fourth-order valence-electron chi connectivity index (χ4n) is 5.23. The van der Waals surface area contributed by atoms with Gasteiger partial charge in [0.05, 0.1) is 6.61 Å². The molecule has 0 unspecified atom stereocenters. The van der Waals surface area contributed by atoms with Gasteiger partial charge >= 0.3 is 6.11 Å². The first-order chi connectivity index (χ1) is 14.0. The van der Waals surface area contributed by atoms with E-state index in [0.29, 0.717) is 11.8 Å². The van der Waals surface area contributed by atoms with Crippen LogP contribution in [0.15, 0.2) is 36.4 Å². The van der Waals surface area contributed by atoms with Crippen LogP contribution in [-0.4, -0.2) is 6.11 Å². The normalized spacial score (nSPS) is 28.7. The van der Waals surface area contributed by atoms with Gasteiger partial charge in [-0.05, 0) is 93.1 Å². The molecule has 1 aromatic rings. The third kappa shape index (κ3) is 6.91. The Labute approximate surface area is 175 Å². The van der Waals surface area contributed by atoms with E-state index in [0.717, 1.165) is 37.2 Å². The Bertz CT molecular complexity index is 621. The molecule has 2 aliphatic carbocycles. The first kappa shape index (κ1) is 22.5. The average Bonchev–Trinajstić information content (AvgIpc) is 2.74. The fraction of sp³-hybridized carbons (Fsp3) is 0.692. The van der Waals surface area contributed by atoms with Crippen molar-refractivity contribution in [2.75, 3.05) is 0 Å². The van der Waals surface area contributed by atoms with Gasteiger partial charge in [-0.15, -0.1) is 0 Å². The first-order valence-corrected chi connectivity index (χ1v) is 11.7. The van der Waals surface area contributed by atoms with E-state index in [4.69, 9.17) is 4.74 Å². The maximum Gasteiger partial charge on any atom is 0.356 e. The molecule has 0 radical (unpaired) electrons. The molecule has 3 heteroatoms. The molecule has 162 valence electrons. The molecule has 1 aromatic carbocycles. The summed E-state index contributed by atoms with van der Waals surface area (Å²) in [6.07, 6.45) is 11.3. The highest BCUT2D eigenvalue weighted by Gasteiger charge is 2.35. The summed E-state index contributed by atoms with van der Waals surface area (Å²) < 4.78 is 33.7. The van der Waals surface area contributed by atoms with Gasteiger partial charge in [-0.25, -0.2) is 0 Å². The van der Waals surface area contributed by atoms with Crippen molar-refractivity contribution in [1.82, 2.24) is 0 Å². The highest BCUT2D eigenvalue weighted by Crippen LogP contribution is 2.38. The number of benzene rings is 1. The van der Waals surface area contributed by atoms with Crippen LogP contribution in [0.4, 0.5) is 8.78 Å². The topological polar surface area (TPSA) is 9.23 Å². The van der Waals surface area contributed by atoms with E-state index in [9.17, 15) is 8.78 Å². The lowest BCUT2D eigenvalue weighted by atomic mass is 9.78. The van der Waals surface area contributed by atoms with Crippen molar-refractivity contribution in [3.8, 4) is 0 Å². The maximum absolute atomic E-state index is 14.3. The molecular weight excluding hydrogens is 366 g/mol. The number of alkyl halides is 2. The lowest BCUT2D eigenvalue weighted by Gasteiger charge is -2.29. The molecule has 2 aliphatic rings. The minimum absolute atomic E-state index is 0.0101. The van der Waals surface area contributed by atoms with Gasteiger partial charge in [0.2, 0.25) is 0 Å². The average molecular weight is 405 g/mol. The maximum atomic E-state index is 14.3. The van der Waals surface area contributed by atoms with Gasteiger partial charge < -0.3 is 4.74 Å². The number of halogens is 2. The minimum atomic E-state index is -3.03. The van der Waals surface area contributed by atoms with E-state index in [1.807, 2.05) is 19.1 Å². The highest BCUT2D eigenvalue weighted by atomic mass is 19.3. The molecule has 0 amide bonds. The van der Waals surface area contributed by atoms with Gasteiger partial charge in [0.15, 0.2) is 0 Å². The monoisotopic (exact) mass is 404 g/mol. The molecule has 2 fully saturated rings. The second kappa shape index (κ2) is 10.7. The van der Waals surface area contributed by atoms with Gasteiger partial charge in [-0.3, -0.25) is 0 Å².